The van der Waals surface area contributed by atoms with Crippen molar-refractivity contribution in [1.29, 1.82) is 0 Å². The van der Waals surface area contributed by atoms with Gasteiger partial charge in [0, 0.05) is 44.8 Å². The zero-order valence-electron chi connectivity index (χ0n) is 21.5. The second-order valence-electron chi connectivity index (χ2n) is 9.22. The monoisotopic (exact) mass is 506 g/mol. The topological polar surface area (TPSA) is 134 Å². The molecule has 4 aromatic rings. The summed E-state index contributed by atoms with van der Waals surface area (Å²) in [6, 6.07) is 5.87. The Bertz CT molecular complexity index is 1510. The number of H-pyrrole nitrogens is 1. The predicted octanol–water partition coefficient (Wildman–Crippen LogP) is 2.93. The van der Waals surface area contributed by atoms with Gasteiger partial charge in [-0.25, -0.2) is 14.8 Å². The van der Waals surface area contributed by atoms with Crippen LogP contribution in [0.4, 0.5) is 5.69 Å². The fraction of sp³-hybridized carbons (Fsp3) is 0.423. The average molecular weight is 507 g/mol. The van der Waals surface area contributed by atoms with Crippen LogP contribution in [0.15, 0.2) is 35.4 Å². The van der Waals surface area contributed by atoms with Crippen LogP contribution in [0, 0.1) is 0 Å². The molecule has 4 aromatic heterocycles. The van der Waals surface area contributed by atoms with Gasteiger partial charge in [0.2, 0.25) is 0 Å². The van der Waals surface area contributed by atoms with Crippen molar-refractivity contribution in [1.82, 2.24) is 34.2 Å². The van der Waals surface area contributed by atoms with Gasteiger partial charge in [-0.05, 0) is 38.0 Å². The summed E-state index contributed by atoms with van der Waals surface area (Å²) in [5, 5.41) is 20.9. The highest BCUT2D eigenvalue weighted by molar-refractivity contribution is 5.83. The van der Waals surface area contributed by atoms with E-state index in [2.05, 4.69) is 20.5 Å². The van der Waals surface area contributed by atoms with Crippen LogP contribution in [0.3, 0.4) is 0 Å². The molecule has 1 amide bonds. The Morgan fingerprint density at radius 1 is 1.22 bits per heavy atom. The van der Waals surface area contributed by atoms with E-state index in [4.69, 9.17) is 4.98 Å². The van der Waals surface area contributed by atoms with Gasteiger partial charge in [-0.15, -0.1) is 0 Å². The van der Waals surface area contributed by atoms with E-state index in [9.17, 15) is 14.7 Å². The fourth-order valence-corrected chi connectivity index (χ4v) is 5.17. The van der Waals surface area contributed by atoms with Crippen molar-refractivity contribution in [3.63, 3.8) is 0 Å². The molecule has 11 heteroatoms. The first-order chi connectivity index (χ1) is 17.9. The maximum absolute atomic E-state index is 13.4. The van der Waals surface area contributed by atoms with Crippen molar-refractivity contribution in [3.05, 3.63) is 46.8 Å². The maximum atomic E-state index is 13.4. The van der Waals surface area contributed by atoms with Crippen LogP contribution in [0.2, 0.25) is 0 Å². The lowest BCUT2D eigenvalue weighted by Gasteiger charge is -2.34. The number of carbonyl (C=O) groups is 1. The molecule has 6 rings (SSSR count). The quantitative estimate of drug-likeness (QED) is 0.389. The maximum Gasteiger partial charge on any atom is 0.328 e. The number of aliphatic hydroxyl groups is 1. The van der Waals surface area contributed by atoms with E-state index in [1.165, 1.54) is 6.92 Å². The molecule has 0 radical (unpaired) electrons. The number of aromatic amines is 1. The van der Waals surface area contributed by atoms with E-state index in [0.717, 1.165) is 39.4 Å². The Morgan fingerprint density at radius 3 is 2.70 bits per heavy atom. The van der Waals surface area contributed by atoms with Gasteiger partial charge in [-0.1, -0.05) is 13.8 Å². The van der Waals surface area contributed by atoms with Crippen LogP contribution in [0.25, 0.3) is 33.7 Å². The number of likely N-dealkylation sites (tertiary alicyclic amines) is 1. The van der Waals surface area contributed by atoms with Gasteiger partial charge in [0.05, 0.1) is 35.5 Å². The van der Waals surface area contributed by atoms with Crippen molar-refractivity contribution >= 4 is 22.6 Å². The third kappa shape index (κ3) is 4.18. The third-order valence-electron chi connectivity index (χ3n) is 7.06. The number of amides is 1. The van der Waals surface area contributed by atoms with Crippen LogP contribution in [-0.2, 0) is 18.4 Å². The van der Waals surface area contributed by atoms with Crippen LogP contribution in [0.1, 0.15) is 46.8 Å². The zero-order valence-corrected chi connectivity index (χ0v) is 21.5. The number of aromatic nitrogens is 6. The molecular weight excluding hydrogens is 472 g/mol. The minimum absolute atomic E-state index is 0. The predicted molar refractivity (Wildman–Crippen MR) is 143 cm³/mol. The Labute approximate surface area is 215 Å². The normalized spacial score (nSPS) is 15.9. The highest BCUT2D eigenvalue weighted by Gasteiger charge is 2.33. The van der Waals surface area contributed by atoms with Crippen molar-refractivity contribution in [2.24, 2.45) is 7.05 Å². The number of aliphatic hydroxyl groups excluding tert-OH is 1. The number of hydrogen-bond donors (Lipinski definition) is 3. The molecule has 2 aliphatic rings. The summed E-state index contributed by atoms with van der Waals surface area (Å²) in [5.41, 5.74) is 5.57. The second-order valence-corrected chi connectivity index (χ2v) is 9.22. The Morgan fingerprint density at radius 2 is 1.97 bits per heavy atom. The molecule has 0 aromatic carbocycles. The first-order valence-corrected chi connectivity index (χ1v) is 12.7. The summed E-state index contributed by atoms with van der Waals surface area (Å²) in [5.74, 6) is -0.269. The summed E-state index contributed by atoms with van der Waals surface area (Å²) < 4.78 is 3.54. The standard InChI is InChI=1S/C24H26N8O3.C2H6.H2/c1-13(33)23(34)31-7-5-16(6-8-31)32-21-19(30(2)24(32)35)12-25-18-4-3-17(28-20(18)21)14-9-15-11-27-29-22(15)26-10-14;1-2;/h3-4,9-11,13,16,25,33H,5-8,12H2,1-2H3,(H,26,27,29);1-2H3;1H/t13-;;/m0../s1. The van der Waals surface area contributed by atoms with Gasteiger partial charge in [-0.2, -0.15) is 5.10 Å². The lowest BCUT2D eigenvalue weighted by molar-refractivity contribution is -0.140. The molecule has 1 saturated heterocycles. The largest absolute Gasteiger partial charge is 0.384 e. The van der Waals surface area contributed by atoms with Gasteiger partial charge in [-0.3, -0.25) is 19.0 Å². The number of piperidine rings is 1. The number of rotatable bonds is 3. The number of anilines is 1. The van der Waals surface area contributed by atoms with Crippen molar-refractivity contribution in [2.45, 2.75) is 52.3 Å². The summed E-state index contributed by atoms with van der Waals surface area (Å²) in [6.45, 7) is 7.02. The Hall–Kier alpha value is -3.99. The molecule has 0 bridgehead atoms. The van der Waals surface area contributed by atoms with Crippen molar-refractivity contribution in [2.75, 3.05) is 18.4 Å². The van der Waals surface area contributed by atoms with Crippen LogP contribution in [0.5, 0.6) is 0 Å². The van der Waals surface area contributed by atoms with E-state index >= 15 is 0 Å². The number of imidazole rings is 1. The zero-order chi connectivity index (χ0) is 26.3. The third-order valence-corrected chi connectivity index (χ3v) is 7.06. The lowest BCUT2D eigenvalue weighted by Crippen LogP contribution is -2.44. The molecular formula is C26H34N8O3. The summed E-state index contributed by atoms with van der Waals surface area (Å²) in [4.78, 5) is 36.7. The minimum Gasteiger partial charge on any atom is -0.384 e. The minimum atomic E-state index is -1.02. The SMILES string of the molecule is CC.C[C@H](O)C(=O)N1CCC(n2c3c(n(C)c2=O)CNc2ccc(-c4cnc5[nH]ncc5c4)nc2-3)CC1.[HH]. The molecule has 3 N–H and O–H groups in total. The molecule has 2 aliphatic heterocycles. The van der Waals surface area contributed by atoms with Crippen LogP contribution in [-0.4, -0.2) is 64.4 Å². The molecule has 0 spiro atoms. The second kappa shape index (κ2) is 9.81. The Balaban J connectivity index is 0.00000110. The molecule has 196 valence electrons. The number of fused-ring (bicyclic) bond motifs is 4. The average Bonchev–Trinajstić information content (AvgIpc) is 3.51. The van der Waals surface area contributed by atoms with Gasteiger partial charge >= 0.3 is 5.69 Å². The number of carbonyl (C=O) groups excluding carboxylic acids is 1. The van der Waals surface area contributed by atoms with E-state index < -0.39 is 6.10 Å². The highest BCUT2D eigenvalue weighted by atomic mass is 16.3. The summed E-state index contributed by atoms with van der Waals surface area (Å²) >= 11 is 0. The molecule has 6 heterocycles. The van der Waals surface area contributed by atoms with E-state index in [-0.39, 0.29) is 19.1 Å². The highest BCUT2D eigenvalue weighted by Crippen LogP contribution is 2.38. The van der Waals surface area contributed by atoms with Crippen LogP contribution >= 0.6 is 0 Å². The van der Waals surface area contributed by atoms with E-state index in [0.29, 0.717) is 38.1 Å². The summed E-state index contributed by atoms with van der Waals surface area (Å²) in [6.07, 6.45) is 3.75. The van der Waals surface area contributed by atoms with E-state index in [1.807, 2.05) is 36.6 Å². The molecule has 1 atom stereocenters. The van der Waals surface area contributed by atoms with Gasteiger partial charge in [0.15, 0.2) is 5.65 Å². The van der Waals surface area contributed by atoms with Gasteiger partial charge in [0.1, 0.15) is 11.8 Å². The number of nitrogens with one attached hydrogen (secondary N) is 2. The molecule has 0 saturated carbocycles. The summed E-state index contributed by atoms with van der Waals surface area (Å²) in [7, 11) is 1.79. The van der Waals surface area contributed by atoms with Crippen LogP contribution < -0.4 is 11.0 Å². The molecule has 0 aliphatic carbocycles. The molecule has 37 heavy (non-hydrogen) atoms. The Kier molecular flexibility index (Phi) is 6.55. The fourth-order valence-electron chi connectivity index (χ4n) is 5.17. The van der Waals surface area contributed by atoms with Gasteiger partial charge < -0.3 is 15.3 Å². The molecule has 0 unspecified atom stereocenters. The number of nitrogens with zero attached hydrogens (tertiary/aromatic N) is 6. The smallest absolute Gasteiger partial charge is 0.328 e. The number of pyridine rings is 2. The first-order valence-electron chi connectivity index (χ1n) is 12.7. The van der Waals surface area contributed by atoms with Crippen molar-refractivity contribution < 1.29 is 11.3 Å². The molecule has 11 nitrogen and oxygen atoms in total. The lowest BCUT2D eigenvalue weighted by atomic mass is 10.0. The van der Waals surface area contributed by atoms with E-state index in [1.54, 1.807) is 28.9 Å². The van der Waals surface area contributed by atoms with Crippen molar-refractivity contribution in [3.8, 4) is 22.6 Å². The first kappa shape index (κ1) is 24.7. The number of hydrogen-bond acceptors (Lipinski definition) is 7. The van der Waals surface area contributed by atoms with Gasteiger partial charge in [0.25, 0.3) is 5.91 Å². The molecule has 1 fully saturated rings.